The SMILES string of the molecule is CN(C[C@@H]1CN(c2ccc(N3CCN(C(=O)c4cnccc4N)CC3)c(F)c2)C(=O)O1)C(=O)S. The van der Waals surface area contributed by atoms with Gasteiger partial charge < -0.3 is 25.2 Å². The molecule has 10 nitrogen and oxygen atoms in total. The van der Waals surface area contributed by atoms with Gasteiger partial charge in [0.15, 0.2) is 0 Å². The third-order valence-electron chi connectivity index (χ3n) is 5.91. The van der Waals surface area contributed by atoms with E-state index >= 15 is 4.39 Å². The van der Waals surface area contributed by atoms with Crippen LogP contribution in [-0.2, 0) is 4.74 Å². The van der Waals surface area contributed by atoms with Gasteiger partial charge >= 0.3 is 6.09 Å². The second kappa shape index (κ2) is 9.75. The summed E-state index contributed by atoms with van der Waals surface area (Å²) in [6.07, 6.45) is 1.85. The normalized spacial score (nSPS) is 18.1. The van der Waals surface area contributed by atoms with Gasteiger partial charge in [-0.15, -0.1) is 0 Å². The molecule has 0 saturated carbocycles. The van der Waals surface area contributed by atoms with E-state index in [-0.39, 0.29) is 19.0 Å². The Morgan fingerprint density at radius 3 is 2.65 bits per heavy atom. The first-order chi connectivity index (χ1) is 16.2. The predicted octanol–water partition coefficient (Wildman–Crippen LogP) is 2.07. The quantitative estimate of drug-likeness (QED) is 0.620. The van der Waals surface area contributed by atoms with Crippen molar-refractivity contribution < 1.29 is 23.5 Å². The summed E-state index contributed by atoms with van der Waals surface area (Å²) in [6.45, 7) is 2.10. The largest absolute Gasteiger partial charge is 0.442 e. The number of rotatable bonds is 5. The molecule has 3 heterocycles. The number of hydrogen-bond acceptors (Lipinski definition) is 7. The fourth-order valence-electron chi connectivity index (χ4n) is 4.04. The van der Waals surface area contributed by atoms with E-state index in [1.165, 1.54) is 28.3 Å². The van der Waals surface area contributed by atoms with Crippen molar-refractivity contribution >= 4 is 46.9 Å². The number of benzene rings is 1. The van der Waals surface area contributed by atoms with Crippen LogP contribution in [0.5, 0.6) is 0 Å². The van der Waals surface area contributed by atoms with Crippen LogP contribution in [0, 0.1) is 5.82 Å². The third-order valence-corrected chi connectivity index (χ3v) is 6.26. The van der Waals surface area contributed by atoms with Crippen molar-refractivity contribution in [2.75, 3.05) is 61.8 Å². The number of carbonyl (C=O) groups is 3. The van der Waals surface area contributed by atoms with Gasteiger partial charge in [-0.2, -0.15) is 0 Å². The Kier molecular flexibility index (Phi) is 6.77. The number of halogens is 1. The molecule has 0 unspecified atom stereocenters. The van der Waals surface area contributed by atoms with Gasteiger partial charge in [0.05, 0.1) is 30.0 Å². The fourth-order valence-corrected chi connectivity index (χ4v) is 4.12. The molecular weight excluding hydrogens is 463 g/mol. The van der Waals surface area contributed by atoms with Crippen molar-refractivity contribution in [1.29, 1.82) is 0 Å². The summed E-state index contributed by atoms with van der Waals surface area (Å²) in [5.41, 5.74) is 7.37. The molecule has 1 atom stereocenters. The zero-order chi connectivity index (χ0) is 24.4. The molecule has 1 aromatic heterocycles. The van der Waals surface area contributed by atoms with E-state index < -0.39 is 23.3 Å². The molecule has 180 valence electrons. The molecule has 4 rings (SSSR count). The summed E-state index contributed by atoms with van der Waals surface area (Å²) in [5.74, 6) is -0.680. The highest BCUT2D eigenvalue weighted by Crippen LogP contribution is 2.29. The standard InChI is InChI=1S/C22H25FN6O4S/c1-26(22(32)34)12-15-13-29(21(31)33-15)14-2-3-19(17(23)10-14)27-6-8-28(9-7-27)20(30)16-11-25-5-4-18(16)24/h2-5,10-11,15H,6-9,12-13H2,1H3,(H2,24,25)(H,32,34)/t15-/m1/s1. The van der Waals surface area contributed by atoms with Gasteiger partial charge in [0.2, 0.25) is 0 Å². The second-order valence-corrected chi connectivity index (χ2v) is 8.54. The summed E-state index contributed by atoms with van der Waals surface area (Å²) < 4.78 is 20.3. The topological polar surface area (TPSA) is 112 Å². The Labute approximate surface area is 201 Å². The Morgan fingerprint density at radius 2 is 2.00 bits per heavy atom. The predicted molar refractivity (Wildman–Crippen MR) is 128 cm³/mol. The lowest BCUT2D eigenvalue weighted by atomic mass is 10.1. The first-order valence-corrected chi connectivity index (χ1v) is 11.1. The number of nitrogens with two attached hydrogens (primary N) is 1. The van der Waals surface area contributed by atoms with Crippen molar-refractivity contribution in [3.8, 4) is 0 Å². The number of anilines is 3. The van der Waals surface area contributed by atoms with Crippen LogP contribution in [0.15, 0.2) is 36.7 Å². The minimum Gasteiger partial charge on any atom is -0.442 e. The molecule has 3 amide bonds. The summed E-state index contributed by atoms with van der Waals surface area (Å²) in [4.78, 5) is 46.4. The Bertz CT molecular complexity index is 1110. The van der Waals surface area contributed by atoms with Crippen LogP contribution < -0.4 is 15.5 Å². The van der Waals surface area contributed by atoms with E-state index in [2.05, 4.69) is 17.6 Å². The molecule has 2 aromatic rings. The summed E-state index contributed by atoms with van der Waals surface area (Å²) in [6, 6.07) is 6.14. The maximum absolute atomic E-state index is 15.0. The molecule has 2 saturated heterocycles. The van der Waals surface area contributed by atoms with Crippen molar-refractivity contribution in [2.24, 2.45) is 0 Å². The molecule has 2 N–H and O–H groups in total. The molecule has 34 heavy (non-hydrogen) atoms. The number of pyridine rings is 1. The molecule has 12 heteroatoms. The molecule has 0 radical (unpaired) electrons. The highest BCUT2D eigenvalue weighted by Gasteiger charge is 2.34. The number of aromatic nitrogens is 1. The number of amides is 3. The lowest BCUT2D eigenvalue weighted by Gasteiger charge is -2.36. The molecule has 0 spiro atoms. The molecule has 2 fully saturated rings. The lowest BCUT2D eigenvalue weighted by molar-refractivity contribution is 0.0747. The van der Waals surface area contributed by atoms with Gasteiger partial charge in [-0.25, -0.2) is 9.18 Å². The molecule has 1 aromatic carbocycles. The highest BCUT2D eigenvalue weighted by molar-refractivity contribution is 7.96. The number of nitrogens with zero attached hydrogens (tertiary/aromatic N) is 5. The Balaban J connectivity index is 1.39. The average Bonchev–Trinajstić information content (AvgIpc) is 3.18. The molecule has 2 aliphatic heterocycles. The Morgan fingerprint density at radius 1 is 1.26 bits per heavy atom. The van der Waals surface area contributed by atoms with E-state index in [4.69, 9.17) is 10.5 Å². The van der Waals surface area contributed by atoms with E-state index in [9.17, 15) is 14.4 Å². The number of ether oxygens (including phenoxy) is 1. The van der Waals surface area contributed by atoms with Crippen molar-refractivity contribution in [2.45, 2.75) is 6.10 Å². The maximum atomic E-state index is 15.0. The van der Waals surface area contributed by atoms with Crippen molar-refractivity contribution in [3.63, 3.8) is 0 Å². The zero-order valence-electron chi connectivity index (χ0n) is 18.6. The van der Waals surface area contributed by atoms with Crippen LogP contribution in [0.25, 0.3) is 0 Å². The summed E-state index contributed by atoms with van der Waals surface area (Å²) >= 11 is 3.74. The first-order valence-electron chi connectivity index (χ1n) is 10.7. The van der Waals surface area contributed by atoms with Crippen LogP contribution >= 0.6 is 12.6 Å². The number of hydrogen-bond donors (Lipinski definition) is 2. The second-order valence-electron chi connectivity index (χ2n) is 8.16. The fraction of sp³-hybridized carbons (Fsp3) is 0.364. The van der Waals surface area contributed by atoms with Gasteiger partial charge in [0.25, 0.3) is 11.1 Å². The van der Waals surface area contributed by atoms with Crippen molar-refractivity contribution in [3.05, 3.63) is 48.0 Å². The number of cyclic esters (lactones) is 1. The van der Waals surface area contributed by atoms with E-state index in [0.29, 0.717) is 48.8 Å². The van der Waals surface area contributed by atoms with Gasteiger partial charge in [-0.05, 0) is 24.3 Å². The summed E-state index contributed by atoms with van der Waals surface area (Å²) in [7, 11) is 1.55. The highest BCUT2D eigenvalue weighted by atomic mass is 32.1. The van der Waals surface area contributed by atoms with Crippen molar-refractivity contribution in [1.82, 2.24) is 14.8 Å². The molecule has 0 bridgehead atoms. The molecular formula is C22H25FN6O4S. The van der Waals surface area contributed by atoms with Crippen LogP contribution in [0.3, 0.4) is 0 Å². The van der Waals surface area contributed by atoms with Crippen LogP contribution in [-0.4, -0.2) is 84.4 Å². The number of likely N-dealkylation sites (N-methyl/N-ethyl adjacent to an activating group) is 1. The minimum absolute atomic E-state index is 0.193. The zero-order valence-corrected chi connectivity index (χ0v) is 19.5. The smallest absolute Gasteiger partial charge is 0.414 e. The van der Waals surface area contributed by atoms with Crippen LogP contribution in [0.1, 0.15) is 10.4 Å². The van der Waals surface area contributed by atoms with E-state index in [1.54, 1.807) is 30.1 Å². The average molecular weight is 489 g/mol. The van der Waals surface area contributed by atoms with Gasteiger partial charge in [0, 0.05) is 51.3 Å². The van der Waals surface area contributed by atoms with Gasteiger partial charge in [-0.1, -0.05) is 12.6 Å². The lowest BCUT2D eigenvalue weighted by Crippen LogP contribution is -2.49. The number of nitrogen functional groups attached to an aromatic ring is 1. The molecule has 2 aliphatic rings. The van der Waals surface area contributed by atoms with E-state index in [0.717, 1.165) is 0 Å². The first kappa shape index (κ1) is 23.6. The van der Waals surface area contributed by atoms with Gasteiger partial charge in [0.1, 0.15) is 11.9 Å². The monoisotopic (exact) mass is 488 g/mol. The Hall–Kier alpha value is -3.54. The van der Waals surface area contributed by atoms with E-state index in [1.807, 2.05) is 4.90 Å². The summed E-state index contributed by atoms with van der Waals surface area (Å²) in [5, 5.41) is -0.435. The number of piperazine rings is 1. The van der Waals surface area contributed by atoms with Crippen LogP contribution in [0.2, 0.25) is 0 Å². The molecule has 0 aliphatic carbocycles. The number of carbonyl (C=O) groups excluding carboxylic acids is 3. The maximum Gasteiger partial charge on any atom is 0.414 e. The van der Waals surface area contributed by atoms with Gasteiger partial charge in [-0.3, -0.25) is 19.5 Å². The number of thiol groups is 1. The van der Waals surface area contributed by atoms with Crippen LogP contribution in [0.4, 0.5) is 31.0 Å². The minimum atomic E-state index is -0.598. The third kappa shape index (κ3) is 4.86.